The molecule has 0 saturated heterocycles. The summed E-state index contributed by atoms with van der Waals surface area (Å²) >= 11 is 0. The van der Waals surface area contributed by atoms with Crippen LogP contribution in [0.4, 0.5) is 0 Å². The molecule has 0 aromatic heterocycles. The van der Waals surface area contributed by atoms with Crippen molar-refractivity contribution in [2.75, 3.05) is 7.05 Å². The average molecular weight is 233 g/mol. The fraction of sp³-hybridized carbons (Fsp3) is 0.533. The molecule has 0 N–H and O–H groups in total. The Balaban J connectivity index is 2.62. The summed E-state index contributed by atoms with van der Waals surface area (Å²) in [6, 6.07) is 8.35. The van der Waals surface area contributed by atoms with Crippen molar-refractivity contribution < 1.29 is 4.79 Å². The topological polar surface area (TPSA) is 20.3 Å². The first-order chi connectivity index (χ1) is 8.08. The van der Waals surface area contributed by atoms with Gasteiger partial charge in [0.05, 0.1) is 0 Å². The number of aryl methyl sites for hydroxylation is 1. The number of amides is 1. The minimum Gasteiger partial charge on any atom is -0.341 e. The van der Waals surface area contributed by atoms with Gasteiger partial charge >= 0.3 is 0 Å². The molecule has 0 fully saturated rings. The van der Waals surface area contributed by atoms with Gasteiger partial charge in [0.1, 0.15) is 0 Å². The molecule has 2 nitrogen and oxygen atoms in total. The highest BCUT2D eigenvalue weighted by molar-refractivity contribution is 5.78. The predicted octanol–water partition coefficient (Wildman–Crippen LogP) is 3.39. The second kappa shape index (κ2) is 6.43. The van der Waals surface area contributed by atoms with E-state index in [1.165, 1.54) is 11.1 Å². The zero-order valence-electron chi connectivity index (χ0n) is 11.4. The van der Waals surface area contributed by atoms with Crippen LogP contribution in [0.5, 0.6) is 0 Å². The SMILES string of the molecule is CCC(CC)C(=O)N(C)Cc1ccc(C)cc1. The fourth-order valence-corrected chi connectivity index (χ4v) is 1.99. The molecular weight excluding hydrogens is 210 g/mol. The Morgan fingerprint density at radius 1 is 1.18 bits per heavy atom. The van der Waals surface area contributed by atoms with Crippen molar-refractivity contribution in [1.82, 2.24) is 4.90 Å². The molecular formula is C15H23NO. The lowest BCUT2D eigenvalue weighted by Crippen LogP contribution is -2.32. The Labute approximate surface area is 105 Å². The van der Waals surface area contributed by atoms with Crippen LogP contribution >= 0.6 is 0 Å². The minimum atomic E-state index is 0.172. The smallest absolute Gasteiger partial charge is 0.225 e. The number of carbonyl (C=O) groups excluding carboxylic acids is 1. The van der Waals surface area contributed by atoms with E-state index in [-0.39, 0.29) is 11.8 Å². The Bertz CT molecular complexity index is 352. The van der Waals surface area contributed by atoms with Crippen molar-refractivity contribution in [3.05, 3.63) is 35.4 Å². The molecule has 1 aromatic carbocycles. The number of hydrogen-bond acceptors (Lipinski definition) is 1. The van der Waals surface area contributed by atoms with Gasteiger partial charge in [-0.1, -0.05) is 43.7 Å². The lowest BCUT2D eigenvalue weighted by molar-refractivity contribution is -0.134. The van der Waals surface area contributed by atoms with Crippen molar-refractivity contribution >= 4 is 5.91 Å². The van der Waals surface area contributed by atoms with Gasteiger partial charge in [0, 0.05) is 19.5 Å². The van der Waals surface area contributed by atoms with E-state index in [2.05, 4.69) is 45.0 Å². The van der Waals surface area contributed by atoms with Crippen LogP contribution in [0.1, 0.15) is 37.8 Å². The van der Waals surface area contributed by atoms with E-state index >= 15 is 0 Å². The quantitative estimate of drug-likeness (QED) is 0.763. The second-order valence-electron chi connectivity index (χ2n) is 4.69. The van der Waals surface area contributed by atoms with Crippen molar-refractivity contribution in [3.63, 3.8) is 0 Å². The number of hydrogen-bond donors (Lipinski definition) is 0. The van der Waals surface area contributed by atoms with Crippen LogP contribution in [0.2, 0.25) is 0 Å². The fourth-order valence-electron chi connectivity index (χ4n) is 1.99. The maximum Gasteiger partial charge on any atom is 0.225 e. The van der Waals surface area contributed by atoms with E-state index < -0.39 is 0 Å². The molecule has 0 bridgehead atoms. The summed E-state index contributed by atoms with van der Waals surface area (Å²) in [5.74, 6) is 0.432. The van der Waals surface area contributed by atoms with E-state index in [0.717, 1.165) is 12.8 Å². The Hall–Kier alpha value is -1.31. The molecule has 0 spiro atoms. The predicted molar refractivity (Wildman–Crippen MR) is 71.7 cm³/mol. The first-order valence-electron chi connectivity index (χ1n) is 6.39. The number of carbonyl (C=O) groups is 1. The monoisotopic (exact) mass is 233 g/mol. The van der Waals surface area contributed by atoms with Gasteiger partial charge in [-0.3, -0.25) is 4.79 Å². The molecule has 1 amide bonds. The van der Waals surface area contributed by atoms with Crippen LogP contribution in [0.25, 0.3) is 0 Å². The third kappa shape index (κ3) is 3.88. The van der Waals surface area contributed by atoms with Crippen molar-refractivity contribution in [2.45, 2.75) is 40.2 Å². The lowest BCUT2D eigenvalue weighted by Gasteiger charge is -2.22. The highest BCUT2D eigenvalue weighted by Crippen LogP contribution is 2.13. The van der Waals surface area contributed by atoms with Crippen LogP contribution < -0.4 is 0 Å². The van der Waals surface area contributed by atoms with Crippen molar-refractivity contribution in [2.24, 2.45) is 5.92 Å². The molecule has 0 radical (unpaired) electrons. The Morgan fingerprint density at radius 3 is 2.18 bits per heavy atom. The van der Waals surface area contributed by atoms with Crippen molar-refractivity contribution in [3.8, 4) is 0 Å². The molecule has 2 heteroatoms. The van der Waals surface area contributed by atoms with Gasteiger partial charge in [0.15, 0.2) is 0 Å². The van der Waals surface area contributed by atoms with Crippen LogP contribution in [-0.2, 0) is 11.3 Å². The zero-order chi connectivity index (χ0) is 12.8. The second-order valence-corrected chi connectivity index (χ2v) is 4.69. The Morgan fingerprint density at radius 2 is 1.71 bits per heavy atom. The molecule has 1 rings (SSSR count). The molecule has 0 saturated carbocycles. The van der Waals surface area contributed by atoms with Crippen molar-refractivity contribution in [1.29, 1.82) is 0 Å². The maximum atomic E-state index is 12.1. The van der Waals surface area contributed by atoms with Gasteiger partial charge in [-0.15, -0.1) is 0 Å². The summed E-state index contributed by atoms with van der Waals surface area (Å²) in [6.07, 6.45) is 1.85. The van der Waals surface area contributed by atoms with Crippen LogP contribution in [-0.4, -0.2) is 17.9 Å². The number of benzene rings is 1. The normalized spacial score (nSPS) is 10.6. The summed E-state index contributed by atoms with van der Waals surface area (Å²) in [5, 5.41) is 0. The molecule has 0 aliphatic rings. The molecule has 0 atom stereocenters. The standard InChI is InChI=1S/C15H23NO/c1-5-14(6-2)15(17)16(4)11-13-9-7-12(3)8-10-13/h7-10,14H,5-6,11H2,1-4H3. The summed E-state index contributed by atoms with van der Waals surface area (Å²) < 4.78 is 0. The summed E-state index contributed by atoms with van der Waals surface area (Å²) in [5.41, 5.74) is 2.44. The van der Waals surface area contributed by atoms with Crippen LogP contribution in [0.15, 0.2) is 24.3 Å². The minimum absolute atomic E-state index is 0.172. The summed E-state index contributed by atoms with van der Waals surface area (Å²) in [6.45, 7) is 6.93. The average Bonchev–Trinajstić information content (AvgIpc) is 2.33. The Kier molecular flexibility index (Phi) is 5.20. The van der Waals surface area contributed by atoms with Crippen LogP contribution in [0, 0.1) is 12.8 Å². The highest BCUT2D eigenvalue weighted by Gasteiger charge is 2.18. The van der Waals surface area contributed by atoms with Gasteiger partial charge in [-0.05, 0) is 25.3 Å². The molecule has 17 heavy (non-hydrogen) atoms. The number of nitrogens with zero attached hydrogens (tertiary/aromatic N) is 1. The molecule has 0 aliphatic carbocycles. The molecule has 0 unspecified atom stereocenters. The van der Waals surface area contributed by atoms with E-state index in [1.54, 1.807) is 0 Å². The first kappa shape index (κ1) is 13.8. The molecule has 0 aliphatic heterocycles. The molecule has 1 aromatic rings. The third-order valence-corrected chi connectivity index (χ3v) is 3.25. The van der Waals surface area contributed by atoms with Gasteiger partial charge in [-0.25, -0.2) is 0 Å². The summed E-state index contributed by atoms with van der Waals surface area (Å²) in [4.78, 5) is 13.9. The molecule has 94 valence electrons. The maximum absolute atomic E-state index is 12.1. The van der Waals surface area contributed by atoms with Gasteiger partial charge in [-0.2, -0.15) is 0 Å². The van der Waals surface area contributed by atoms with Gasteiger partial charge in [0.25, 0.3) is 0 Å². The van der Waals surface area contributed by atoms with E-state index in [0.29, 0.717) is 6.54 Å². The van der Waals surface area contributed by atoms with Gasteiger partial charge in [0.2, 0.25) is 5.91 Å². The lowest BCUT2D eigenvalue weighted by atomic mass is 10.0. The van der Waals surface area contributed by atoms with Crippen LogP contribution in [0.3, 0.4) is 0 Å². The highest BCUT2D eigenvalue weighted by atomic mass is 16.2. The van der Waals surface area contributed by atoms with E-state index in [9.17, 15) is 4.79 Å². The van der Waals surface area contributed by atoms with E-state index in [1.807, 2.05) is 11.9 Å². The molecule has 0 heterocycles. The third-order valence-electron chi connectivity index (χ3n) is 3.25. The van der Waals surface area contributed by atoms with Gasteiger partial charge < -0.3 is 4.90 Å². The first-order valence-corrected chi connectivity index (χ1v) is 6.39. The van der Waals surface area contributed by atoms with E-state index in [4.69, 9.17) is 0 Å². The number of rotatable bonds is 5. The summed E-state index contributed by atoms with van der Waals surface area (Å²) in [7, 11) is 1.89. The largest absolute Gasteiger partial charge is 0.341 e. The zero-order valence-corrected chi connectivity index (χ0v) is 11.4.